The highest BCUT2D eigenvalue weighted by Crippen LogP contribution is 2.36. The van der Waals surface area contributed by atoms with Crippen LogP contribution in [0.5, 0.6) is 0 Å². The summed E-state index contributed by atoms with van der Waals surface area (Å²) in [6, 6.07) is 7.01. The van der Waals surface area contributed by atoms with E-state index in [4.69, 9.17) is 0 Å². The van der Waals surface area contributed by atoms with Gasteiger partial charge in [-0.1, -0.05) is 71.4 Å². The minimum atomic E-state index is 0.253. The molecule has 2 rings (SSSR count). The molecule has 18 heavy (non-hydrogen) atoms. The molecule has 0 unspecified atom stereocenters. The molecule has 0 N–H and O–H groups in total. The van der Waals surface area contributed by atoms with Crippen molar-refractivity contribution in [2.45, 2.75) is 59.8 Å². The lowest BCUT2D eigenvalue weighted by molar-refractivity contribution is 0.484. The van der Waals surface area contributed by atoms with Crippen molar-refractivity contribution in [3.05, 3.63) is 40.5 Å². The van der Waals surface area contributed by atoms with Crippen LogP contribution in [0.2, 0.25) is 0 Å². The molecule has 0 heteroatoms. The van der Waals surface area contributed by atoms with E-state index in [1.165, 1.54) is 29.5 Å². The van der Waals surface area contributed by atoms with E-state index in [9.17, 15) is 0 Å². The SMILES string of the molecule is CC(C)(C)C1=Cc2ccc(C(C)(C)C)cc2CC1. The van der Waals surface area contributed by atoms with Crippen LogP contribution in [-0.2, 0) is 11.8 Å². The van der Waals surface area contributed by atoms with Crippen molar-refractivity contribution in [2.24, 2.45) is 5.41 Å². The van der Waals surface area contributed by atoms with Crippen LogP contribution in [0.15, 0.2) is 23.8 Å². The Morgan fingerprint density at radius 1 is 0.833 bits per heavy atom. The molecule has 0 saturated heterocycles. The molecular formula is C18H26. The number of allylic oxidation sites excluding steroid dienone is 1. The van der Waals surface area contributed by atoms with Crippen molar-refractivity contribution in [1.29, 1.82) is 0 Å². The van der Waals surface area contributed by atoms with Crippen molar-refractivity contribution in [3.63, 3.8) is 0 Å². The Morgan fingerprint density at radius 2 is 1.50 bits per heavy atom. The summed E-state index contributed by atoms with van der Waals surface area (Å²) in [5, 5.41) is 0. The van der Waals surface area contributed by atoms with Crippen molar-refractivity contribution in [2.75, 3.05) is 0 Å². The van der Waals surface area contributed by atoms with E-state index in [1.807, 2.05) is 0 Å². The van der Waals surface area contributed by atoms with E-state index in [-0.39, 0.29) is 5.41 Å². The minimum Gasteiger partial charge on any atom is -0.0639 e. The Morgan fingerprint density at radius 3 is 2.06 bits per heavy atom. The zero-order valence-corrected chi connectivity index (χ0v) is 12.7. The van der Waals surface area contributed by atoms with Gasteiger partial charge in [0.05, 0.1) is 0 Å². The van der Waals surface area contributed by atoms with Crippen LogP contribution in [0.1, 0.15) is 64.7 Å². The summed E-state index contributed by atoms with van der Waals surface area (Å²) in [5.74, 6) is 0. The fraction of sp³-hybridized carbons (Fsp3) is 0.556. The van der Waals surface area contributed by atoms with Crippen LogP contribution in [-0.4, -0.2) is 0 Å². The molecule has 0 aromatic heterocycles. The third kappa shape index (κ3) is 2.68. The van der Waals surface area contributed by atoms with Gasteiger partial charge in [-0.3, -0.25) is 0 Å². The first-order valence-corrected chi connectivity index (χ1v) is 7.02. The molecule has 0 nitrogen and oxygen atoms in total. The van der Waals surface area contributed by atoms with Crippen molar-refractivity contribution < 1.29 is 0 Å². The van der Waals surface area contributed by atoms with Crippen LogP contribution in [0.25, 0.3) is 6.08 Å². The highest BCUT2D eigenvalue weighted by molar-refractivity contribution is 5.61. The Hall–Kier alpha value is -1.04. The van der Waals surface area contributed by atoms with Gasteiger partial charge in [0.15, 0.2) is 0 Å². The van der Waals surface area contributed by atoms with E-state index in [2.05, 4.69) is 65.8 Å². The molecule has 1 aliphatic rings. The lowest BCUT2D eigenvalue weighted by atomic mass is 9.77. The second-order valence-corrected chi connectivity index (χ2v) is 7.58. The maximum atomic E-state index is 2.41. The molecule has 0 amide bonds. The molecule has 0 heterocycles. The average molecular weight is 242 g/mol. The van der Waals surface area contributed by atoms with Gasteiger partial charge in [-0.15, -0.1) is 0 Å². The van der Waals surface area contributed by atoms with E-state index in [1.54, 1.807) is 5.57 Å². The summed E-state index contributed by atoms with van der Waals surface area (Å²) >= 11 is 0. The first-order valence-electron chi connectivity index (χ1n) is 7.02. The molecule has 0 atom stereocenters. The van der Waals surface area contributed by atoms with Crippen molar-refractivity contribution in [1.82, 2.24) is 0 Å². The Kier molecular flexibility index (Phi) is 3.17. The second kappa shape index (κ2) is 4.26. The van der Waals surface area contributed by atoms with Crippen LogP contribution in [0, 0.1) is 5.41 Å². The first kappa shape index (κ1) is 13.4. The number of benzene rings is 1. The number of hydrogen-bond acceptors (Lipinski definition) is 0. The molecule has 98 valence electrons. The zero-order valence-electron chi connectivity index (χ0n) is 12.7. The van der Waals surface area contributed by atoms with Gasteiger partial charge >= 0.3 is 0 Å². The largest absolute Gasteiger partial charge is 0.0639 e. The molecule has 1 aromatic carbocycles. The lowest BCUT2D eigenvalue weighted by Gasteiger charge is -2.28. The third-order valence-electron chi connectivity index (χ3n) is 3.97. The number of fused-ring (bicyclic) bond motifs is 1. The van der Waals surface area contributed by atoms with Crippen molar-refractivity contribution >= 4 is 6.08 Å². The van der Waals surface area contributed by atoms with Gasteiger partial charge in [-0.2, -0.15) is 0 Å². The summed E-state index contributed by atoms with van der Waals surface area (Å²) in [5.41, 5.74) is 6.55. The topological polar surface area (TPSA) is 0 Å². The molecule has 1 aliphatic carbocycles. The van der Waals surface area contributed by atoms with Crippen LogP contribution in [0.4, 0.5) is 0 Å². The summed E-state index contributed by atoms with van der Waals surface area (Å²) in [6.07, 6.45) is 4.82. The number of hydrogen-bond donors (Lipinski definition) is 0. The van der Waals surface area contributed by atoms with Gasteiger partial charge in [0.2, 0.25) is 0 Å². The van der Waals surface area contributed by atoms with E-state index in [0.29, 0.717) is 5.41 Å². The molecule has 0 radical (unpaired) electrons. The van der Waals surface area contributed by atoms with Gasteiger partial charge < -0.3 is 0 Å². The fourth-order valence-electron chi connectivity index (χ4n) is 2.55. The number of aryl methyl sites for hydroxylation is 1. The van der Waals surface area contributed by atoms with Gasteiger partial charge in [-0.25, -0.2) is 0 Å². The van der Waals surface area contributed by atoms with Crippen LogP contribution < -0.4 is 0 Å². The van der Waals surface area contributed by atoms with E-state index < -0.39 is 0 Å². The van der Waals surface area contributed by atoms with Crippen LogP contribution in [0.3, 0.4) is 0 Å². The summed E-state index contributed by atoms with van der Waals surface area (Å²) in [6.45, 7) is 13.8. The Bertz CT molecular complexity index is 476. The predicted molar refractivity (Wildman–Crippen MR) is 80.9 cm³/mol. The summed E-state index contributed by atoms with van der Waals surface area (Å²) in [4.78, 5) is 0. The highest BCUT2D eigenvalue weighted by Gasteiger charge is 2.22. The zero-order chi connectivity index (χ0) is 13.6. The van der Waals surface area contributed by atoms with Gasteiger partial charge in [0.1, 0.15) is 0 Å². The summed E-state index contributed by atoms with van der Waals surface area (Å²) in [7, 11) is 0. The smallest absolute Gasteiger partial charge is 0.0132 e. The Balaban J connectivity index is 2.40. The molecule has 0 aliphatic heterocycles. The minimum absolute atomic E-state index is 0.253. The monoisotopic (exact) mass is 242 g/mol. The van der Waals surface area contributed by atoms with Gasteiger partial charge in [-0.05, 0) is 40.4 Å². The molecule has 0 bridgehead atoms. The lowest BCUT2D eigenvalue weighted by Crippen LogP contribution is -2.15. The first-order chi connectivity index (χ1) is 8.18. The molecular weight excluding hydrogens is 216 g/mol. The average Bonchev–Trinajstić information content (AvgIpc) is 2.25. The maximum absolute atomic E-state index is 2.41. The standard InChI is InChI=1S/C18H26/c1-17(2,3)15-9-7-14-12-16(18(4,5)6)10-8-13(14)11-15/h7,9,11-12H,8,10H2,1-6H3. The van der Waals surface area contributed by atoms with E-state index >= 15 is 0 Å². The highest BCUT2D eigenvalue weighted by atomic mass is 14.3. The fourth-order valence-corrected chi connectivity index (χ4v) is 2.55. The molecule has 1 aromatic rings. The van der Waals surface area contributed by atoms with Crippen LogP contribution >= 0.6 is 0 Å². The molecule has 0 fully saturated rings. The van der Waals surface area contributed by atoms with Crippen molar-refractivity contribution in [3.8, 4) is 0 Å². The quantitative estimate of drug-likeness (QED) is 0.574. The predicted octanol–water partition coefficient (Wildman–Crippen LogP) is 5.36. The maximum Gasteiger partial charge on any atom is -0.0132 e. The molecule has 0 saturated carbocycles. The summed E-state index contributed by atoms with van der Waals surface area (Å²) < 4.78 is 0. The second-order valence-electron chi connectivity index (χ2n) is 7.58. The van der Waals surface area contributed by atoms with Gasteiger partial charge in [0.25, 0.3) is 0 Å². The van der Waals surface area contributed by atoms with E-state index in [0.717, 1.165) is 0 Å². The number of rotatable bonds is 0. The van der Waals surface area contributed by atoms with Gasteiger partial charge in [0, 0.05) is 0 Å². The normalized spacial score (nSPS) is 16.2. The Labute approximate surface area is 112 Å². The molecule has 0 spiro atoms. The third-order valence-corrected chi connectivity index (χ3v) is 3.97.